The first-order valence-electron chi connectivity index (χ1n) is 4.85. The fourth-order valence-electron chi connectivity index (χ4n) is 1.28. The van der Waals surface area contributed by atoms with Crippen LogP contribution in [-0.2, 0) is 6.42 Å². The first kappa shape index (κ1) is 11.2. The molecule has 0 aromatic heterocycles. The summed E-state index contributed by atoms with van der Waals surface area (Å²) in [6.45, 7) is 2.10. The predicted octanol–water partition coefficient (Wildman–Crippen LogP) is 1.19. The number of nitrogens with two attached hydrogens (primary N) is 2. The lowest BCUT2D eigenvalue weighted by atomic mass is 10.0. The van der Waals surface area contributed by atoms with Gasteiger partial charge in [-0.3, -0.25) is 0 Å². The van der Waals surface area contributed by atoms with Gasteiger partial charge in [0.25, 0.3) is 0 Å². The number of rotatable bonds is 4. The number of benzene rings is 1. The Hall–Kier alpha value is -1.84. The average Bonchev–Trinajstić information content (AvgIpc) is 2.20. The Kier molecular flexibility index (Phi) is 4.34. The zero-order valence-corrected chi connectivity index (χ0v) is 8.85. The van der Waals surface area contributed by atoms with Gasteiger partial charge < -0.3 is 11.5 Å². The lowest BCUT2D eigenvalue weighted by Gasteiger charge is -2.01. The van der Waals surface area contributed by atoms with E-state index in [9.17, 15) is 0 Å². The topological polar surface area (TPSA) is 76.8 Å². The van der Waals surface area contributed by atoms with Crippen molar-refractivity contribution >= 4 is 12.2 Å². The Morgan fingerprint density at radius 2 is 2.07 bits per heavy atom. The molecule has 0 radical (unpaired) electrons. The zero-order valence-electron chi connectivity index (χ0n) is 8.85. The Labute approximate surface area is 89.7 Å². The summed E-state index contributed by atoms with van der Waals surface area (Å²) < 4.78 is 0. The molecule has 4 N–H and O–H groups in total. The van der Waals surface area contributed by atoms with Crippen LogP contribution in [0.1, 0.15) is 17.5 Å². The molecule has 0 fully saturated rings. The van der Waals surface area contributed by atoms with Crippen LogP contribution in [-0.4, -0.2) is 12.2 Å². The van der Waals surface area contributed by atoms with Gasteiger partial charge in [-0.05, 0) is 30.9 Å². The van der Waals surface area contributed by atoms with Gasteiger partial charge in [0.15, 0.2) is 0 Å². The highest BCUT2D eigenvalue weighted by molar-refractivity contribution is 5.76. The molecular weight excluding hydrogens is 188 g/mol. The van der Waals surface area contributed by atoms with Crippen molar-refractivity contribution in [3.63, 3.8) is 0 Å². The van der Waals surface area contributed by atoms with Crippen molar-refractivity contribution in [1.29, 1.82) is 0 Å². The maximum atomic E-state index is 5.12. The summed E-state index contributed by atoms with van der Waals surface area (Å²) in [6, 6.07) is 8.29. The van der Waals surface area contributed by atoms with E-state index in [2.05, 4.69) is 29.3 Å². The third-order valence-corrected chi connectivity index (χ3v) is 2.06. The molecule has 0 unspecified atom stereocenters. The van der Waals surface area contributed by atoms with E-state index in [0.717, 1.165) is 12.8 Å². The molecule has 0 heterocycles. The highest BCUT2D eigenvalue weighted by atomic mass is 15.3. The van der Waals surface area contributed by atoms with Crippen LogP contribution in [0.2, 0.25) is 0 Å². The fourth-order valence-corrected chi connectivity index (χ4v) is 1.28. The van der Waals surface area contributed by atoms with Crippen LogP contribution >= 0.6 is 0 Å². The second kappa shape index (κ2) is 5.80. The van der Waals surface area contributed by atoms with E-state index in [1.807, 2.05) is 12.1 Å². The average molecular weight is 204 g/mol. The molecule has 15 heavy (non-hydrogen) atoms. The summed E-state index contributed by atoms with van der Waals surface area (Å²) in [7, 11) is 0. The number of nitrogens with zero attached hydrogens (tertiary/aromatic N) is 2. The maximum Gasteiger partial charge on any atom is 0.211 e. The van der Waals surface area contributed by atoms with Crippen molar-refractivity contribution in [1.82, 2.24) is 0 Å². The van der Waals surface area contributed by atoms with E-state index in [1.165, 1.54) is 11.1 Å². The summed E-state index contributed by atoms with van der Waals surface area (Å²) in [6.07, 6.45) is 3.50. The van der Waals surface area contributed by atoms with Gasteiger partial charge in [0.2, 0.25) is 5.96 Å². The van der Waals surface area contributed by atoms with Crippen molar-refractivity contribution in [3.8, 4) is 0 Å². The summed E-state index contributed by atoms with van der Waals surface area (Å²) >= 11 is 0. The standard InChI is InChI=1S/C11H16N4/c1-9-5-2-3-6-10(9)7-4-8-14-15-11(12)13/h2-3,5-6,8H,4,7H2,1H3,(H4,12,13,15)/b14-8+. The van der Waals surface area contributed by atoms with Gasteiger partial charge in [-0.15, -0.1) is 5.10 Å². The molecule has 0 aliphatic carbocycles. The summed E-state index contributed by atoms with van der Waals surface area (Å²) in [5.74, 6) is -0.0119. The zero-order chi connectivity index (χ0) is 11.1. The second-order valence-electron chi connectivity index (χ2n) is 3.29. The van der Waals surface area contributed by atoms with Crippen LogP contribution in [0.5, 0.6) is 0 Å². The Morgan fingerprint density at radius 1 is 1.33 bits per heavy atom. The van der Waals surface area contributed by atoms with Gasteiger partial charge in [0.05, 0.1) is 0 Å². The van der Waals surface area contributed by atoms with Crippen LogP contribution in [0.4, 0.5) is 0 Å². The molecule has 0 aliphatic rings. The predicted molar refractivity (Wildman–Crippen MR) is 63.8 cm³/mol. The molecule has 80 valence electrons. The second-order valence-corrected chi connectivity index (χ2v) is 3.29. The molecule has 1 aromatic rings. The van der Waals surface area contributed by atoms with Gasteiger partial charge in [-0.1, -0.05) is 24.3 Å². The SMILES string of the molecule is Cc1ccccc1CC/C=N/N=C(N)N. The minimum Gasteiger partial charge on any atom is -0.369 e. The fraction of sp³-hybridized carbons (Fsp3) is 0.273. The molecule has 0 bridgehead atoms. The van der Waals surface area contributed by atoms with Crippen LogP contribution in [0.3, 0.4) is 0 Å². The monoisotopic (exact) mass is 204 g/mol. The molecule has 1 rings (SSSR count). The number of aryl methyl sites for hydroxylation is 2. The smallest absolute Gasteiger partial charge is 0.211 e. The Balaban J connectivity index is 2.42. The maximum absolute atomic E-state index is 5.12. The molecule has 0 atom stereocenters. The van der Waals surface area contributed by atoms with Crippen LogP contribution in [0.15, 0.2) is 34.5 Å². The van der Waals surface area contributed by atoms with Crippen molar-refractivity contribution in [2.24, 2.45) is 21.7 Å². The van der Waals surface area contributed by atoms with Gasteiger partial charge >= 0.3 is 0 Å². The number of guanidine groups is 1. The lowest BCUT2D eigenvalue weighted by Crippen LogP contribution is -2.21. The molecule has 1 aromatic carbocycles. The minimum atomic E-state index is -0.0119. The van der Waals surface area contributed by atoms with Crippen molar-refractivity contribution in [2.75, 3.05) is 0 Å². The highest BCUT2D eigenvalue weighted by Gasteiger charge is 1.94. The van der Waals surface area contributed by atoms with E-state index in [4.69, 9.17) is 11.5 Å². The number of hydrogen-bond acceptors (Lipinski definition) is 2. The quantitative estimate of drug-likeness (QED) is 0.439. The van der Waals surface area contributed by atoms with Crippen LogP contribution in [0.25, 0.3) is 0 Å². The van der Waals surface area contributed by atoms with Gasteiger partial charge in [0.1, 0.15) is 0 Å². The minimum absolute atomic E-state index is 0.0119. The largest absolute Gasteiger partial charge is 0.369 e. The lowest BCUT2D eigenvalue weighted by molar-refractivity contribution is 1.03. The number of hydrogen-bond donors (Lipinski definition) is 2. The first-order valence-corrected chi connectivity index (χ1v) is 4.85. The Morgan fingerprint density at radius 3 is 2.73 bits per heavy atom. The van der Waals surface area contributed by atoms with Gasteiger partial charge in [0, 0.05) is 6.21 Å². The molecule has 0 saturated heterocycles. The summed E-state index contributed by atoms with van der Waals surface area (Å²) in [5.41, 5.74) is 12.9. The first-order chi connectivity index (χ1) is 7.20. The molecule has 0 amide bonds. The molecule has 0 saturated carbocycles. The van der Waals surface area contributed by atoms with E-state index < -0.39 is 0 Å². The van der Waals surface area contributed by atoms with Crippen LogP contribution < -0.4 is 11.5 Å². The summed E-state index contributed by atoms with van der Waals surface area (Å²) in [5, 5.41) is 7.25. The van der Waals surface area contributed by atoms with Gasteiger partial charge in [-0.25, -0.2) is 0 Å². The molecule has 0 spiro atoms. The molecule has 4 heteroatoms. The summed E-state index contributed by atoms with van der Waals surface area (Å²) in [4.78, 5) is 0. The van der Waals surface area contributed by atoms with E-state index in [0.29, 0.717) is 0 Å². The molecule has 4 nitrogen and oxygen atoms in total. The molecule has 0 aliphatic heterocycles. The van der Waals surface area contributed by atoms with Crippen molar-refractivity contribution in [3.05, 3.63) is 35.4 Å². The van der Waals surface area contributed by atoms with Crippen molar-refractivity contribution in [2.45, 2.75) is 19.8 Å². The van der Waals surface area contributed by atoms with Crippen molar-refractivity contribution < 1.29 is 0 Å². The highest BCUT2D eigenvalue weighted by Crippen LogP contribution is 2.08. The normalized spacial score (nSPS) is 10.5. The molecular formula is C11H16N4. The Bertz CT molecular complexity index is 365. The third kappa shape index (κ3) is 4.26. The van der Waals surface area contributed by atoms with Gasteiger partial charge in [-0.2, -0.15) is 5.10 Å². The third-order valence-electron chi connectivity index (χ3n) is 2.06. The van der Waals surface area contributed by atoms with Crippen LogP contribution in [0, 0.1) is 6.92 Å². The van der Waals surface area contributed by atoms with E-state index in [-0.39, 0.29) is 5.96 Å². The van der Waals surface area contributed by atoms with E-state index in [1.54, 1.807) is 6.21 Å². The van der Waals surface area contributed by atoms with E-state index >= 15 is 0 Å².